The third-order valence-corrected chi connectivity index (χ3v) is 4.64. The van der Waals surface area contributed by atoms with Crippen molar-refractivity contribution < 1.29 is 5.11 Å². The van der Waals surface area contributed by atoms with Crippen LogP contribution in [0.4, 0.5) is 0 Å². The number of nitriles is 1. The van der Waals surface area contributed by atoms with Gasteiger partial charge < -0.3 is 5.11 Å². The molecule has 2 aromatic heterocycles. The number of aromatic amines is 1. The molecule has 2 aromatic rings. The number of aliphatic hydroxyl groups excluding tert-OH is 1. The molecule has 0 saturated heterocycles. The zero-order valence-electron chi connectivity index (χ0n) is 13.2. The van der Waals surface area contributed by atoms with E-state index < -0.39 is 0 Å². The lowest BCUT2D eigenvalue weighted by atomic mass is 9.85. The summed E-state index contributed by atoms with van der Waals surface area (Å²) >= 11 is 0. The molecule has 2 N–H and O–H groups in total. The van der Waals surface area contributed by atoms with Gasteiger partial charge in [0.05, 0.1) is 12.3 Å². The molecule has 7 nitrogen and oxygen atoms in total. The Balaban J connectivity index is 1.88. The molecule has 1 aliphatic rings. The molecule has 1 fully saturated rings. The van der Waals surface area contributed by atoms with Gasteiger partial charge in [-0.05, 0) is 25.7 Å². The number of hydrogen-bond acceptors (Lipinski definition) is 5. The maximum Gasteiger partial charge on any atom is 0.272 e. The van der Waals surface area contributed by atoms with E-state index in [2.05, 4.69) is 15.0 Å². The number of nitrogens with zero attached hydrogens (tertiary/aromatic N) is 4. The Bertz CT molecular complexity index is 784. The summed E-state index contributed by atoms with van der Waals surface area (Å²) in [6.07, 6.45) is 5.20. The fraction of sp³-hybridized carbons (Fsp3) is 0.562. The highest BCUT2D eigenvalue weighted by atomic mass is 16.3. The van der Waals surface area contributed by atoms with Crippen LogP contribution in [0.25, 0.3) is 5.65 Å². The van der Waals surface area contributed by atoms with E-state index in [9.17, 15) is 9.90 Å². The number of aromatic nitrogens is 3. The van der Waals surface area contributed by atoms with Gasteiger partial charge in [-0.2, -0.15) is 5.26 Å². The van der Waals surface area contributed by atoms with Crippen molar-refractivity contribution in [3.8, 4) is 6.07 Å². The third kappa shape index (κ3) is 3.14. The maximum atomic E-state index is 12.2. The largest absolute Gasteiger partial charge is 0.395 e. The molecule has 0 radical (unpaired) electrons. The van der Waals surface area contributed by atoms with Gasteiger partial charge in [0.2, 0.25) is 0 Å². The highest BCUT2D eigenvalue weighted by Crippen LogP contribution is 2.28. The molecule has 0 spiro atoms. The normalized spacial score (nSPS) is 16.4. The molecule has 2 heterocycles. The first-order valence-electron chi connectivity index (χ1n) is 7.97. The monoisotopic (exact) mass is 315 g/mol. The Labute approximate surface area is 134 Å². The second-order valence-corrected chi connectivity index (χ2v) is 6.30. The minimum atomic E-state index is -0.230. The van der Waals surface area contributed by atoms with E-state index in [0.29, 0.717) is 29.4 Å². The van der Waals surface area contributed by atoms with Gasteiger partial charge in [0.15, 0.2) is 5.65 Å². The number of H-pyrrole nitrogens is 1. The first-order valence-corrected chi connectivity index (χ1v) is 7.97. The highest BCUT2D eigenvalue weighted by molar-refractivity contribution is 5.53. The lowest BCUT2D eigenvalue weighted by Crippen LogP contribution is -2.40. The summed E-state index contributed by atoms with van der Waals surface area (Å²) in [6.45, 7) is 3.45. The van der Waals surface area contributed by atoms with Crippen molar-refractivity contribution in [3.05, 3.63) is 33.9 Å². The quantitative estimate of drug-likeness (QED) is 0.824. The zero-order chi connectivity index (χ0) is 16.4. The number of fused-ring (bicyclic) bond motifs is 1. The van der Waals surface area contributed by atoms with E-state index >= 15 is 0 Å². The minimum absolute atomic E-state index is 0.0116. The molecule has 7 heteroatoms. The van der Waals surface area contributed by atoms with E-state index in [0.717, 1.165) is 6.54 Å². The van der Waals surface area contributed by atoms with Crippen molar-refractivity contribution in [2.75, 3.05) is 13.2 Å². The summed E-state index contributed by atoms with van der Waals surface area (Å²) in [4.78, 5) is 18.8. The van der Waals surface area contributed by atoms with Gasteiger partial charge in [-0.15, -0.1) is 0 Å². The standard InChI is InChI=1S/C16H21N5O2/c1-11(10-22)20(8-12-3-2-4-12)9-14-5-15(23)21-16(19-14)13(6-17)7-18-21/h5,7,11-12,18,22H,2-4,8-10H2,1H3. The van der Waals surface area contributed by atoms with Gasteiger partial charge in [-0.25, -0.2) is 9.50 Å². The van der Waals surface area contributed by atoms with Crippen LogP contribution in [-0.4, -0.2) is 43.8 Å². The van der Waals surface area contributed by atoms with E-state index in [4.69, 9.17) is 5.26 Å². The summed E-state index contributed by atoms with van der Waals surface area (Å²) in [7, 11) is 0. The molecule has 1 unspecified atom stereocenters. The Kier molecular flexibility index (Phi) is 4.46. The number of rotatable bonds is 6. The number of hydrogen-bond donors (Lipinski definition) is 2. The van der Waals surface area contributed by atoms with Crippen LogP contribution in [0, 0.1) is 17.2 Å². The minimum Gasteiger partial charge on any atom is -0.395 e. The van der Waals surface area contributed by atoms with Gasteiger partial charge in [0.25, 0.3) is 5.56 Å². The Morgan fingerprint density at radius 3 is 3.00 bits per heavy atom. The molecule has 1 atom stereocenters. The molecule has 1 aliphatic carbocycles. The van der Waals surface area contributed by atoms with E-state index in [1.165, 1.54) is 36.0 Å². The molecular formula is C16H21N5O2. The number of aliphatic hydroxyl groups is 1. The number of nitrogens with one attached hydrogen (secondary N) is 1. The van der Waals surface area contributed by atoms with E-state index in [-0.39, 0.29) is 18.2 Å². The van der Waals surface area contributed by atoms with Crippen molar-refractivity contribution in [3.63, 3.8) is 0 Å². The lowest BCUT2D eigenvalue weighted by molar-refractivity contribution is 0.0907. The van der Waals surface area contributed by atoms with Crippen LogP contribution in [-0.2, 0) is 6.54 Å². The topological polar surface area (TPSA) is 97.4 Å². The Morgan fingerprint density at radius 1 is 1.61 bits per heavy atom. The predicted molar refractivity (Wildman–Crippen MR) is 84.8 cm³/mol. The van der Waals surface area contributed by atoms with Crippen molar-refractivity contribution in [1.82, 2.24) is 19.5 Å². The van der Waals surface area contributed by atoms with Crippen molar-refractivity contribution >= 4 is 5.65 Å². The molecular weight excluding hydrogens is 294 g/mol. The van der Waals surface area contributed by atoms with E-state index in [1.54, 1.807) is 0 Å². The molecule has 0 amide bonds. The fourth-order valence-corrected chi connectivity index (χ4v) is 2.92. The van der Waals surface area contributed by atoms with Gasteiger partial charge in [0.1, 0.15) is 11.6 Å². The van der Waals surface area contributed by atoms with Crippen LogP contribution in [0.2, 0.25) is 0 Å². The van der Waals surface area contributed by atoms with Crippen molar-refractivity contribution in [2.24, 2.45) is 5.92 Å². The molecule has 3 rings (SSSR count). The molecule has 122 valence electrons. The summed E-state index contributed by atoms with van der Waals surface area (Å²) in [5.41, 5.74) is 1.11. The lowest BCUT2D eigenvalue weighted by Gasteiger charge is -2.35. The molecule has 0 bridgehead atoms. The molecule has 0 aromatic carbocycles. The first kappa shape index (κ1) is 15.7. The molecule has 1 saturated carbocycles. The summed E-state index contributed by atoms with van der Waals surface area (Å²) in [6, 6.07) is 3.54. The first-order chi connectivity index (χ1) is 11.1. The van der Waals surface area contributed by atoms with Crippen molar-refractivity contribution in [1.29, 1.82) is 5.26 Å². The zero-order valence-corrected chi connectivity index (χ0v) is 13.2. The fourth-order valence-electron chi connectivity index (χ4n) is 2.92. The summed E-state index contributed by atoms with van der Waals surface area (Å²) in [5.74, 6) is 0.663. The van der Waals surface area contributed by atoms with Crippen molar-refractivity contribution in [2.45, 2.75) is 38.8 Å². The third-order valence-electron chi connectivity index (χ3n) is 4.64. The predicted octanol–water partition coefficient (Wildman–Crippen LogP) is 0.877. The van der Waals surface area contributed by atoms with Crippen LogP contribution in [0.15, 0.2) is 17.1 Å². The Morgan fingerprint density at radius 2 is 2.39 bits per heavy atom. The average molecular weight is 315 g/mol. The summed E-state index contributed by atoms with van der Waals surface area (Å²) < 4.78 is 1.27. The van der Waals surface area contributed by atoms with Crippen LogP contribution in [0.3, 0.4) is 0 Å². The SMILES string of the molecule is CC(CO)N(Cc1cc(=O)n2[nH]cc(C#N)c2n1)CC1CCC1. The van der Waals surface area contributed by atoms with E-state index in [1.807, 2.05) is 13.0 Å². The van der Waals surface area contributed by atoms with Gasteiger partial charge >= 0.3 is 0 Å². The second kappa shape index (κ2) is 6.52. The van der Waals surface area contributed by atoms with Crippen LogP contribution in [0.5, 0.6) is 0 Å². The van der Waals surface area contributed by atoms with Gasteiger partial charge in [0, 0.05) is 31.4 Å². The van der Waals surface area contributed by atoms with Gasteiger partial charge in [-0.3, -0.25) is 14.8 Å². The highest BCUT2D eigenvalue weighted by Gasteiger charge is 2.24. The second-order valence-electron chi connectivity index (χ2n) is 6.30. The summed E-state index contributed by atoms with van der Waals surface area (Å²) in [5, 5.41) is 21.3. The van der Waals surface area contributed by atoms with Crippen LogP contribution >= 0.6 is 0 Å². The van der Waals surface area contributed by atoms with Gasteiger partial charge in [-0.1, -0.05) is 6.42 Å². The average Bonchev–Trinajstić information content (AvgIpc) is 2.92. The maximum absolute atomic E-state index is 12.2. The molecule has 23 heavy (non-hydrogen) atoms. The van der Waals surface area contributed by atoms with Crippen LogP contribution < -0.4 is 5.56 Å². The smallest absolute Gasteiger partial charge is 0.272 e. The Hall–Kier alpha value is -2.17. The van der Waals surface area contributed by atoms with Crippen LogP contribution in [0.1, 0.15) is 37.4 Å². The molecule has 0 aliphatic heterocycles.